The van der Waals surface area contributed by atoms with Crippen molar-refractivity contribution in [3.63, 3.8) is 0 Å². The van der Waals surface area contributed by atoms with Crippen LogP contribution < -0.4 is 14.8 Å². The first-order valence-electron chi connectivity index (χ1n) is 9.09. The molecule has 3 aromatic rings. The summed E-state index contributed by atoms with van der Waals surface area (Å²) in [4.78, 5) is 0. The molecule has 0 spiro atoms. The number of hydrogen-bond acceptors (Lipinski definition) is 3. The van der Waals surface area contributed by atoms with E-state index in [1.54, 1.807) is 19.2 Å². The van der Waals surface area contributed by atoms with E-state index in [1.807, 2.05) is 30.3 Å². The van der Waals surface area contributed by atoms with Gasteiger partial charge in [-0.1, -0.05) is 58.4 Å². The van der Waals surface area contributed by atoms with E-state index < -0.39 is 0 Å². The highest BCUT2D eigenvalue weighted by Crippen LogP contribution is 2.34. The molecule has 0 aliphatic heterocycles. The molecule has 0 bridgehead atoms. The van der Waals surface area contributed by atoms with E-state index in [4.69, 9.17) is 9.47 Å². The van der Waals surface area contributed by atoms with Crippen LogP contribution >= 0.6 is 15.9 Å². The van der Waals surface area contributed by atoms with Crippen molar-refractivity contribution in [2.75, 3.05) is 7.11 Å². The molecular weight excluding hydrogens is 421 g/mol. The molecule has 1 N–H and O–H groups in total. The molecule has 0 aliphatic carbocycles. The Morgan fingerprint density at radius 3 is 2.39 bits per heavy atom. The number of nitrogens with one attached hydrogen (secondary N) is 1. The maximum Gasteiger partial charge on any atom is 0.162 e. The Morgan fingerprint density at radius 2 is 1.71 bits per heavy atom. The maximum atomic E-state index is 13.0. The molecule has 0 heterocycles. The second kappa shape index (κ2) is 9.71. The fourth-order valence-corrected chi connectivity index (χ4v) is 3.31. The number of benzene rings is 3. The molecule has 3 rings (SSSR count). The first-order valence-corrected chi connectivity index (χ1v) is 9.88. The van der Waals surface area contributed by atoms with E-state index in [0.29, 0.717) is 24.7 Å². The normalized spacial score (nSPS) is 11.9. The topological polar surface area (TPSA) is 30.5 Å². The number of hydrogen-bond donors (Lipinski definition) is 1. The van der Waals surface area contributed by atoms with Gasteiger partial charge in [-0.15, -0.1) is 0 Å². The molecule has 5 heteroatoms. The van der Waals surface area contributed by atoms with Crippen molar-refractivity contribution in [2.24, 2.45) is 0 Å². The van der Waals surface area contributed by atoms with Gasteiger partial charge < -0.3 is 14.8 Å². The molecule has 0 radical (unpaired) electrons. The molecular formula is C23H23BrFNO2. The van der Waals surface area contributed by atoms with Gasteiger partial charge in [0.15, 0.2) is 11.5 Å². The zero-order chi connectivity index (χ0) is 19.9. The third-order valence-corrected chi connectivity index (χ3v) is 5.28. The van der Waals surface area contributed by atoms with Crippen molar-refractivity contribution < 1.29 is 13.9 Å². The van der Waals surface area contributed by atoms with Crippen LogP contribution in [0.15, 0.2) is 71.2 Å². The second-order valence-corrected chi connectivity index (χ2v) is 7.38. The first-order chi connectivity index (χ1) is 13.6. The van der Waals surface area contributed by atoms with Gasteiger partial charge in [0.25, 0.3) is 0 Å². The number of ether oxygens (including phenoxy) is 2. The van der Waals surface area contributed by atoms with Crippen molar-refractivity contribution >= 4 is 15.9 Å². The molecule has 1 atom stereocenters. The Kier molecular flexibility index (Phi) is 7.06. The van der Waals surface area contributed by atoms with Crippen LogP contribution in [0.4, 0.5) is 4.39 Å². The molecule has 0 amide bonds. The standard InChI is InChI=1S/C23H23BrFNO2/c1-16(18-6-4-3-5-7-18)26-14-19-12-22(27-2)23(13-21(19)24)28-15-17-8-10-20(25)11-9-17/h3-13,16,26H,14-15H2,1-2H3. The summed E-state index contributed by atoms with van der Waals surface area (Å²) >= 11 is 3.63. The zero-order valence-corrected chi connectivity index (χ0v) is 17.5. The maximum absolute atomic E-state index is 13.0. The largest absolute Gasteiger partial charge is 0.493 e. The third kappa shape index (κ3) is 5.33. The lowest BCUT2D eigenvalue weighted by molar-refractivity contribution is 0.284. The Bertz CT molecular complexity index is 900. The third-order valence-electron chi connectivity index (χ3n) is 4.54. The van der Waals surface area contributed by atoms with Gasteiger partial charge in [0.2, 0.25) is 0 Å². The fourth-order valence-electron chi connectivity index (χ4n) is 2.85. The summed E-state index contributed by atoms with van der Waals surface area (Å²) in [5, 5.41) is 3.53. The van der Waals surface area contributed by atoms with Crippen LogP contribution in [0.2, 0.25) is 0 Å². The van der Waals surface area contributed by atoms with Crippen LogP contribution in [0.5, 0.6) is 11.5 Å². The van der Waals surface area contributed by atoms with E-state index in [2.05, 4.69) is 40.3 Å². The fraction of sp³-hybridized carbons (Fsp3) is 0.217. The van der Waals surface area contributed by atoms with E-state index in [-0.39, 0.29) is 11.9 Å². The summed E-state index contributed by atoms with van der Waals surface area (Å²) < 4.78 is 25.4. The SMILES string of the molecule is COc1cc(CNC(C)c2ccccc2)c(Br)cc1OCc1ccc(F)cc1. The molecule has 0 saturated carbocycles. The van der Waals surface area contributed by atoms with Gasteiger partial charge in [0.05, 0.1) is 7.11 Å². The number of methoxy groups -OCH3 is 1. The first kappa shape index (κ1) is 20.4. The minimum atomic E-state index is -0.259. The average molecular weight is 444 g/mol. The van der Waals surface area contributed by atoms with E-state index in [0.717, 1.165) is 15.6 Å². The summed E-state index contributed by atoms with van der Waals surface area (Å²) in [5.74, 6) is 1.04. The molecule has 0 aromatic heterocycles. The quantitative estimate of drug-likeness (QED) is 0.461. The van der Waals surface area contributed by atoms with Crippen LogP contribution in [-0.2, 0) is 13.2 Å². The Labute approximate surface area is 173 Å². The molecule has 3 aromatic carbocycles. The predicted octanol–water partition coefficient (Wildman–Crippen LogP) is 6.03. The Hall–Kier alpha value is -2.37. The molecule has 28 heavy (non-hydrogen) atoms. The monoisotopic (exact) mass is 443 g/mol. The minimum Gasteiger partial charge on any atom is -0.493 e. The van der Waals surface area contributed by atoms with E-state index in [1.165, 1.54) is 17.7 Å². The van der Waals surface area contributed by atoms with Gasteiger partial charge in [0.1, 0.15) is 12.4 Å². The van der Waals surface area contributed by atoms with Crippen LogP contribution in [0.3, 0.4) is 0 Å². The molecule has 0 fully saturated rings. The lowest BCUT2D eigenvalue weighted by atomic mass is 10.1. The summed E-state index contributed by atoms with van der Waals surface area (Å²) in [6.45, 7) is 3.16. The van der Waals surface area contributed by atoms with Gasteiger partial charge in [-0.05, 0) is 47.9 Å². The van der Waals surface area contributed by atoms with Crippen molar-refractivity contribution in [1.29, 1.82) is 0 Å². The summed E-state index contributed by atoms with van der Waals surface area (Å²) in [6.07, 6.45) is 0. The van der Waals surface area contributed by atoms with Gasteiger partial charge in [-0.25, -0.2) is 4.39 Å². The van der Waals surface area contributed by atoms with Crippen molar-refractivity contribution in [3.05, 3.63) is 93.7 Å². The highest BCUT2D eigenvalue weighted by molar-refractivity contribution is 9.10. The molecule has 3 nitrogen and oxygen atoms in total. The Morgan fingerprint density at radius 1 is 1.00 bits per heavy atom. The number of rotatable bonds is 8. The lowest BCUT2D eigenvalue weighted by Gasteiger charge is -2.17. The number of halogens is 2. The van der Waals surface area contributed by atoms with Gasteiger partial charge in [-0.2, -0.15) is 0 Å². The molecule has 146 valence electrons. The molecule has 1 unspecified atom stereocenters. The van der Waals surface area contributed by atoms with Gasteiger partial charge in [0, 0.05) is 17.1 Å². The highest BCUT2D eigenvalue weighted by atomic mass is 79.9. The second-order valence-electron chi connectivity index (χ2n) is 6.52. The lowest BCUT2D eigenvalue weighted by Crippen LogP contribution is -2.18. The predicted molar refractivity (Wildman–Crippen MR) is 113 cm³/mol. The molecule has 0 aliphatic rings. The summed E-state index contributed by atoms with van der Waals surface area (Å²) in [7, 11) is 1.62. The smallest absolute Gasteiger partial charge is 0.162 e. The van der Waals surface area contributed by atoms with Gasteiger partial charge >= 0.3 is 0 Å². The van der Waals surface area contributed by atoms with Crippen LogP contribution in [0.25, 0.3) is 0 Å². The highest BCUT2D eigenvalue weighted by Gasteiger charge is 2.12. The average Bonchev–Trinajstić information content (AvgIpc) is 2.73. The van der Waals surface area contributed by atoms with E-state index in [9.17, 15) is 4.39 Å². The van der Waals surface area contributed by atoms with Crippen LogP contribution in [0, 0.1) is 5.82 Å². The summed E-state index contributed by atoms with van der Waals surface area (Å²) in [6, 6.07) is 20.7. The Balaban J connectivity index is 1.67. The van der Waals surface area contributed by atoms with Crippen molar-refractivity contribution in [1.82, 2.24) is 5.32 Å². The van der Waals surface area contributed by atoms with Crippen LogP contribution in [0.1, 0.15) is 29.7 Å². The van der Waals surface area contributed by atoms with Crippen LogP contribution in [-0.4, -0.2) is 7.11 Å². The van der Waals surface area contributed by atoms with Crippen molar-refractivity contribution in [3.8, 4) is 11.5 Å². The molecule has 0 saturated heterocycles. The van der Waals surface area contributed by atoms with Crippen molar-refractivity contribution in [2.45, 2.75) is 26.1 Å². The van der Waals surface area contributed by atoms with Gasteiger partial charge in [-0.3, -0.25) is 0 Å². The summed E-state index contributed by atoms with van der Waals surface area (Å²) in [5.41, 5.74) is 3.21. The minimum absolute atomic E-state index is 0.230. The zero-order valence-electron chi connectivity index (χ0n) is 15.9. The van der Waals surface area contributed by atoms with E-state index >= 15 is 0 Å².